The number of nitrogens with one attached hydrogen (secondary N) is 1. The zero-order chi connectivity index (χ0) is 22.7. The average Bonchev–Trinajstić information content (AvgIpc) is 2.80. The number of piperidine rings is 1. The predicted octanol–water partition coefficient (Wildman–Crippen LogP) is 3.37. The Morgan fingerprint density at radius 3 is 2.47 bits per heavy atom. The molecular weight excluding hydrogens is 415 g/mol. The van der Waals surface area contributed by atoms with E-state index in [4.69, 9.17) is 5.73 Å². The Morgan fingerprint density at radius 1 is 1.12 bits per heavy atom. The second kappa shape index (κ2) is 9.06. The SMILES string of the molecule is NC1CCN(c2ccc(C(=O)Nc3nc(-c4ccc(F)cc4)ccc3[N+](=O)[O-])cn2)CC1. The number of nitrogens with two attached hydrogens (primary N) is 1. The van der Waals surface area contributed by atoms with Crippen LogP contribution in [0.4, 0.5) is 21.7 Å². The highest BCUT2D eigenvalue weighted by Gasteiger charge is 2.21. The van der Waals surface area contributed by atoms with Gasteiger partial charge in [0, 0.05) is 37.0 Å². The summed E-state index contributed by atoms with van der Waals surface area (Å²) >= 11 is 0. The van der Waals surface area contributed by atoms with Gasteiger partial charge in [-0.1, -0.05) is 0 Å². The fourth-order valence-corrected chi connectivity index (χ4v) is 3.49. The molecule has 164 valence electrons. The smallest absolute Gasteiger partial charge is 0.311 e. The number of nitrogens with zero attached hydrogens (tertiary/aromatic N) is 4. The minimum Gasteiger partial charge on any atom is -0.357 e. The van der Waals surface area contributed by atoms with E-state index >= 15 is 0 Å². The zero-order valence-electron chi connectivity index (χ0n) is 17.1. The van der Waals surface area contributed by atoms with E-state index in [9.17, 15) is 19.3 Å². The zero-order valence-corrected chi connectivity index (χ0v) is 17.1. The van der Waals surface area contributed by atoms with Crippen LogP contribution in [0.1, 0.15) is 23.2 Å². The van der Waals surface area contributed by atoms with Crippen LogP contribution in [0.15, 0.2) is 54.7 Å². The Morgan fingerprint density at radius 2 is 1.84 bits per heavy atom. The van der Waals surface area contributed by atoms with Gasteiger partial charge in [0.2, 0.25) is 5.82 Å². The molecule has 3 aromatic rings. The van der Waals surface area contributed by atoms with Crippen LogP contribution in [0.25, 0.3) is 11.3 Å². The molecule has 0 atom stereocenters. The van der Waals surface area contributed by atoms with Crippen molar-refractivity contribution in [2.75, 3.05) is 23.3 Å². The van der Waals surface area contributed by atoms with Crippen molar-refractivity contribution < 1.29 is 14.1 Å². The van der Waals surface area contributed by atoms with Gasteiger partial charge in [-0.05, 0) is 55.3 Å². The Kier molecular flexibility index (Phi) is 6.04. The molecule has 9 nitrogen and oxygen atoms in total. The Balaban J connectivity index is 1.54. The Hall–Kier alpha value is -3.92. The molecule has 1 saturated heterocycles. The molecule has 32 heavy (non-hydrogen) atoms. The second-order valence-electron chi connectivity index (χ2n) is 7.51. The van der Waals surface area contributed by atoms with Crippen LogP contribution in [0.5, 0.6) is 0 Å². The highest BCUT2D eigenvalue weighted by Crippen LogP contribution is 2.27. The van der Waals surface area contributed by atoms with Gasteiger partial charge < -0.3 is 16.0 Å². The van der Waals surface area contributed by atoms with Gasteiger partial charge in [0.05, 0.1) is 16.2 Å². The molecule has 0 radical (unpaired) electrons. The maximum atomic E-state index is 13.2. The molecule has 10 heteroatoms. The first-order valence-corrected chi connectivity index (χ1v) is 10.1. The number of carbonyl (C=O) groups is 1. The number of carbonyl (C=O) groups excluding carboxylic acids is 1. The molecule has 1 fully saturated rings. The van der Waals surface area contributed by atoms with E-state index in [1.54, 1.807) is 12.1 Å². The minimum atomic E-state index is -0.626. The quantitative estimate of drug-likeness (QED) is 0.464. The first-order chi connectivity index (χ1) is 15.4. The Bertz CT molecular complexity index is 1130. The molecule has 3 N–H and O–H groups in total. The number of hydrogen-bond acceptors (Lipinski definition) is 7. The summed E-state index contributed by atoms with van der Waals surface area (Å²) in [7, 11) is 0. The summed E-state index contributed by atoms with van der Waals surface area (Å²) in [6, 6.07) is 11.8. The first-order valence-electron chi connectivity index (χ1n) is 10.1. The second-order valence-corrected chi connectivity index (χ2v) is 7.51. The van der Waals surface area contributed by atoms with Gasteiger partial charge in [0.15, 0.2) is 0 Å². The number of anilines is 2. The van der Waals surface area contributed by atoms with Crippen molar-refractivity contribution >= 4 is 23.2 Å². The predicted molar refractivity (Wildman–Crippen MR) is 118 cm³/mol. The molecule has 3 heterocycles. The molecule has 1 aromatic carbocycles. The molecule has 2 aromatic heterocycles. The largest absolute Gasteiger partial charge is 0.357 e. The summed E-state index contributed by atoms with van der Waals surface area (Å²) in [6.07, 6.45) is 3.18. The van der Waals surface area contributed by atoms with Gasteiger partial charge in [0.1, 0.15) is 11.6 Å². The van der Waals surface area contributed by atoms with Gasteiger partial charge in [-0.3, -0.25) is 14.9 Å². The topological polar surface area (TPSA) is 127 Å². The third-order valence-electron chi connectivity index (χ3n) is 5.32. The fraction of sp³-hybridized carbons (Fsp3) is 0.227. The molecule has 1 amide bonds. The van der Waals surface area contributed by atoms with Crippen LogP contribution < -0.4 is 16.0 Å². The standard InChI is InChI=1S/C22H21FN6O3/c23-16-4-1-14(2-5-16)18-6-7-19(29(31)32)21(26-18)27-22(30)15-3-8-20(25-13-15)28-11-9-17(24)10-12-28/h1-8,13,17H,9-12,24H2,(H,26,27,30). The first kappa shape index (κ1) is 21.3. The number of pyridine rings is 2. The molecular formula is C22H21FN6O3. The number of nitro groups is 1. The summed E-state index contributed by atoms with van der Waals surface area (Å²) in [6.45, 7) is 1.60. The highest BCUT2D eigenvalue weighted by atomic mass is 19.1. The number of benzene rings is 1. The van der Waals surface area contributed by atoms with Crippen molar-refractivity contribution in [3.8, 4) is 11.3 Å². The highest BCUT2D eigenvalue weighted by molar-refractivity contribution is 6.04. The van der Waals surface area contributed by atoms with E-state index in [2.05, 4.69) is 20.2 Å². The lowest BCUT2D eigenvalue weighted by molar-refractivity contribution is -0.384. The van der Waals surface area contributed by atoms with E-state index in [0.29, 0.717) is 11.3 Å². The third kappa shape index (κ3) is 4.70. The third-order valence-corrected chi connectivity index (χ3v) is 5.32. The van der Waals surface area contributed by atoms with Crippen molar-refractivity contribution in [3.05, 3.63) is 76.2 Å². The van der Waals surface area contributed by atoms with Crippen LogP contribution in [-0.2, 0) is 0 Å². The normalized spacial score (nSPS) is 14.2. The average molecular weight is 436 g/mol. The van der Waals surface area contributed by atoms with Gasteiger partial charge in [-0.25, -0.2) is 14.4 Å². The minimum absolute atomic E-state index is 0.198. The monoisotopic (exact) mass is 436 g/mol. The molecule has 1 aliphatic heterocycles. The lowest BCUT2D eigenvalue weighted by atomic mass is 10.1. The van der Waals surface area contributed by atoms with Crippen molar-refractivity contribution in [1.82, 2.24) is 9.97 Å². The summed E-state index contributed by atoms with van der Waals surface area (Å²) in [5, 5.41) is 13.9. The molecule has 0 unspecified atom stereocenters. The lowest BCUT2D eigenvalue weighted by Gasteiger charge is -2.31. The van der Waals surface area contributed by atoms with E-state index in [-0.39, 0.29) is 23.1 Å². The van der Waals surface area contributed by atoms with E-state index in [1.807, 2.05) is 0 Å². The lowest BCUT2D eigenvalue weighted by Crippen LogP contribution is -2.40. The summed E-state index contributed by atoms with van der Waals surface area (Å²) in [5.41, 5.74) is 6.75. The molecule has 0 saturated carbocycles. The van der Waals surface area contributed by atoms with Crippen molar-refractivity contribution in [2.24, 2.45) is 5.73 Å². The van der Waals surface area contributed by atoms with E-state index < -0.39 is 16.6 Å². The van der Waals surface area contributed by atoms with Crippen LogP contribution in [0, 0.1) is 15.9 Å². The number of halogens is 1. The van der Waals surface area contributed by atoms with Gasteiger partial charge in [-0.15, -0.1) is 0 Å². The van der Waals surface area contributed by atoms with Crippen LogP contribution in [0.3, 0.4) is 0 Å². The van der Waals surface area contributed by atoms with Crippen molar-refractivity contribution in [3.63, 3.8) is 0 Å². The molecule has 1 aliphatic rings. The number of amides is 1. The summed E-state index contributed by atoms with van der Waals surface area (Å²) in [4.78, 5) is 34.2. The summed E-state index contributed by atoms with van der Waals surface area (Å²) in [5.74, 6) is -0.434. The van der Waals surface area contributed by atoms with Crippen LogP contribution in [0.2, 0.25) is 0 Å². The Labute approximate surface area is 183 Å². The van der Waals surface area contributed by atoms with Gasteiger partial charge in [-0.2, -0.15) is 0 Å². The van der Waals surface area contributed by atoms with Crippen LogP contribution >= 0.6 is 0 Å². The number of hydrogen-bond donors (Lipinski definition) is 2. The summed E-state index contributed by atoms with van der Waals surface area (Å²) < 4.78 is 13.2. The maximum absolute atomic E-state index is 13.2. The van der Waals surface area contributed by atoms with Crippen molar-refractivity contribution in [2.45, 2.75) is 18.9 Å². The molecule has 4 rings (SSSR count). The van der Waals surface area contributed by atoms with Gasteiger partial charge >= 0.3 is 5.69 Å². The van der Waals surface area contributed by atoms with Crippen molar-refractivity contribution in [1.29, 1.82) is 0 Å². The molecule has 0 aliphatic carbocycles. The van der Waals surface area contributed by atoms with Gasteiger partial charge in [0.25, 0.3) is 5.91 Å². The number of aromatic nitrogens is 2. The molecule has 0 spiro atoms. The van der Waals surface area contributed by atoms with E-state index in [0.717, 1.165) is 31.7 Å². The fourth-order valence-electron chi connectivity index (χ4n) is 3.49. The maximum Gasteiger partial charge on any atom is 0.311 e. The molecule has 0 bridgehead atoms. The van der Waals surface area contributed by atoms with E-state index in [1.165, 1.54) is 42.6 Å². The number of rotatable bonds is 5. The van der Waals surface area contributed by atoms with Crippen LogP contribution in [-0.4, -0.2) is 39.9 Å².